The maximum atomic E-state index is 12.8. The largest absolute Gasteiger partial charge is 0.462 e. The average Bonchev–Trinajstić information content (AvgIpc) is 3.25. The van der Waals surface area contributed by atoms with E-state index in [4.69, 9.17) is 4.74 Å². The van der Waals surface area contributed by atoms with Gasteiger partial charge in [-0.15, -0.1) is 0 Å². The van der Waals surface area contributed by atoms with Gasteiger partial charge in [0.2, 0.25) is 0 Å². The fourth-order valence-corrected chi connectivity index (χ4v) is 7.20. The van der Waals surface area contributed by atoms with Crippen LogP contribution in [0.3, 0.4) is 0 Å². The zero-order valence-electron chi connectivity index (χ0n) is 13.7. The second-order valence-corrected chi connectivity index (χ2v) is 8.92. The number of esters is 1. The highest BCUT2D eigenvalue weighted by Gasteiger charge is 2.68. The Kier molecular flexibility index (Phi) is 2.86. The summed E-state index contributed by atoms with van der Waals surface area (Å²) in [5, 5.41) is 0. The Morgan fingerprint density at radius 1 is 1.09 bits per heavy atom. The van der Waals surface area contributed by atoms with Gasteiger partial charge in [0.25, 0.3) is 0 Å². The van der Waals surface area contributed by atoms with Crippen molar-refractivity contribution in [3.63, 3.8) is 0 Å². The zero-order chi connectivity index (χ0) is 14.9. The SMILES string of the molecule is CC12C3C=CC(C3)C1C1CC2CC1C(=O)OC1CCCCC1. The van der Waals surface area contributed by atoms with Crippen molar-refractivity contribution in [1.29, 1.82) is 0 Å². The lowest BCUT2D eigenvalue weighted by Crippen LogP contribution is -2.42. The molecular weight excluding hydrogens is 272 g/mol. The number of fused-ring (bicyclic) bond motifs is 9. The predicted molar refractivity (Wildman–Crippen MR) is 85.0 cm³/mol. The second kappa shape index (κ2) is 4.61. The van der Waals surface area contributed by atoms with Crippen LogP contribution in [0.25, 0.3) is 0 Å². The first-order valence-corrected chi connectivity index (χ1v) is 9.56. The lowest BCUT2D eigenvalue weighted by molar-refractivity contribution is -0.159. The molecule has 0 aromatic carbocycles. The highest BCUT2D eigenvalue weighted by molar-refractivity contribution is 5.74. The third-order valence-corrected chi connectivity index (χ3v) is 8.19. The van der Waals surface area contributed by atoms with E-state index in [0.29, 0.717) is 11.3 Å². The Morgan fingerprint density at radius 2 is 1.91 bits per heavy atom. The van der Waals surface area contributed by atoms with E-state index >= 15 is 0 Å². The normalized spacial score (nSPS) is 52.2. The van der Waals surface area contributed by atoms with E-state index in [-0.39, 0.29) is 18.0 Å². The molecular formula is C20H28O2. The monoisotopic (exact) mass is 300 g/mol. The van der Waals surface area contributed by atoms with Crippen LogP contribution in [0, 0.1) is 40.9 Å². The molecule has 0 amide bonds. The molecule has 2 nitrogen and oxygen atoms in total. The molecule has 5 aliphatic rings. The van der Waals surface area contributed by atoms with Gasteiger partial charge in [-0.1, -0.05) is 25.5 Å². The Bertz CT molecular complexity index is 518. The van der Waals surface area contributed by atoms with Gasteiger partial charge in [-0.3, -0.25) is 4.79 Å². The number of hydrogen-bond donors (Lipinski definition) is 0. The van der Waals surface area contributed by atoms with Gasteiger partial charge in [0, 0.05) is 0 Å². The molecule has 2 heteroatoms. The summed E-state index contributed by atoms with van der Waals surface area (Å²) in [6, 6.07) is 0. The maximum absolute atomic E-state index is 12.8. The predicted octanol–water partition coefficient (Wildman–Crippen LogP) is 4.35. The molecule has 0 heterocycles. The highest BCUT2D eigenvalue weighted by atomic mass is 16.5. The van der Waals surface area contributed by atoms with E-state index in [2.05, 4.69) is 19.1 Å². The Hall–Kier alpha value is -0.790. The Balaban J connectivity index is 1.32. The minimum absolute atomic E-state index is 0.160. The third-order valence-electron chi connectivity index (χ3n) is 8.19. The average molecular weight is 300 g/mol. The van der Waals surface area contributed by atoms with Crippen molar-refractivity contribution in [3.8, 4) is 0 Å². The number of ether oxygens (including phenoxy) is 1. The molecule has 4 saturated carbocycles. The van der Waals surface area contributed by atoms with Gasteiger partial charge in [0.1, 0.15) is 6.10 Å². The molecule has 22 heavy (non-hydrogen) atoms. The zero-order valence-corrected chi connectivity index (χ0v) is 13.7. The van der Waals surface area contributed by atoms with Gasteiger partial charge in [0.15, 0.2) is 0 Å². The fraction of sp³-hybridized carbons (Fsp3) is 0.850. The molecule has 0 aliphatic heterocycles. The molecule has 5 aliphatic carbocycles. The summed E-state index contributed by atoms with van der Waals surface area (Å²) in [4.78, 5) is 12.8. The Labute approximate surface area is 133 Å². The van der Waals surface area contributed by atoms with Crippen molar-refractivity contribution < 1.29 is 9.53 Å². The summed E-state index contributed by atoms with van der Waals surface area (Å²) in [5.74, 6) is 4.09. The van der Waals surface area contributed by atoms with E-state index < -0.39 is 0 Å². The minimum atomic E-state index is 0.160. The number of carbonyl (C=O) groups excluding carboxylic acids is 1. The molecule has 5 rings (SSSR count). The molecule has 120 valence electrons. The summed E-state index contributed by atoms with van der Waals surface area (Å²) in [6.07, 6.45) is 14.9. The summed E-state index contributed by atoms with van der Waals surface area (Å²) in [6.45, 7) is 2.53. The van der Waals surface area contributed by atoms with Crippen LogP contribution in [0.1, 0.15) is 58.3 Å². The van der Waals surface area contributed by atoms with Crippen LogP contribution in [0.4, 0.5) is 0 Å². The van der Waals surface area contributed by atoms with Crippen LogP contribution < -0.4 is 0 Å². The molecule has 0 radical (unpaired) electrons. The number of hydrogen-bond acceptors (Lipinski definition) is 2. The van der Waals surface area contributed by atoms with Gasteiger partial charge >= 0.3 is 5.97 Å². The molecule has 0 aromatic rings. The standard InChI is InChI=1S/C20H28O2/c1-20-13-8-7-12(9-13)18(20)16-10-14(20)11-17(16)19(21)22-15-5-3-2-4-6-15/h7-8,12-18H,2-6,9-11H2,1H3. The summed E-state index contributed by atoms with van der Waals surface area (Å²) in [7, 11) is 0. The number of carbonyl (C=O) groups is 1. The van der Waals surface area contributed by atoms with Crippen molar-refractivity contribution in [3.05, 3.63) is 12.2 Å². The van der Waals surface area contributed by atoms with Crippen LogP contribution in [0.5, 0.6) is 0 Å². The van der Waals surface area contributed by atoms with Crippen molar-refractivity contribution in [2.75, 3.05) is 0 Å². The first-order chi connectivity index (χ1) is 10.7. The highest BCUT2D eigenvalue weighted by Crippen LogP contribution is 2.73. The van der Waals surface area contributed by atoms with Gasteiger partial charge in [-0.2, -0.15) is 0 Å². The van der Waals surface area contributed by atoms with Crippen molar-refractivity contribution in [2.24, 2.45) is 40.9 Å². The lowest BCUT2D eigenvalue weighted by atomic mass is 9.60. The van der Waals surface area contributed by atoms with E-state index in [1.165, 1.54) is 32.1 Å². The molecule has 4 fully saturated rings. The number of allylic oxidation sites excluding steroid dienone is 2. The molecule has 7 unspecified atom stereocenters. The summed E-state index contributed by atoms with van der Waals surface area (Å²) in [5.41, 5.74) is 0.506. The fourth-order valence-electron chi connectivity index (χ4n) is 7.20. The summed E-state index contributed by atoms with van der Waals surface area (Å²) < 4.78 is 5.93. The van der Waals surface area contributed by atoms with Crippen LogP contribution in [0.15, 0.2) is 12.2 Å². The van der Waals surface area contributed by atoms with Gasteiger partial charge in [0.05, 0.1) is 5.92 Å². The van der Waals surface area contributed by atoms with Gasteiger partial charge in [-0.05, 0) is 80.0 Å². The number of rotatable bonds is 2. The second-order valence-electron chi connectivity index (χ2n) is 8.92. The smallest absolute Gasteiger partial charge is 0.309 e. The van der Waals surface area contributed by atoms with Crippen LogP contribution in [0.2, 0.25) is 0 Å². The first kappa shape index (κ1) is 13.6. The van der Waals surface area contributed by atoms with E-state index in [0.717, 1.165) is 42.9 Å². The molecule has 0 saturated heterocycles. The van der Waals surface area contributed by atoms with Gasteiger partial charge < -0.3 is 4.74 Å². The quantitative estimate of drug-likeness (QED) is 0.430. The third kappa shape index (κ3) is 1.65. The van der Waals surface area contributed by atoms with Crippen LogP contribution >= 0.6 is 0 Å². The van der Waals surface area contributed by atoms with Crippen molar-refractivity contribution in [1.82, 2.24) is 0 Å². The molecule has 0 N–H and O–H groups in total. The molecule has 4 bridgehead atoms. The topological polar surface area (TPSA) is 26.3 Å². The van der Waals surface area contributed by atoms with Gasteiger partial charge in [-0.25, -0.2) is 0 Å². The van der Waals surface area contributed by atoms with E-state index in [1.54, 1.807) is 0 Å². The van der Waals surface area contributed by atoms with E-state index in [1.807, 2.05) is 0 Å². The molecule has 0 aromatic heterocycles. The van der Waals surface area contributed by atoms with E-state index in [9.17, 15) is 4.79 Å². The molecule has 7 atom stereocenters. The summed E-state index contributed by atoms with van der Waals surface area (Å²) >= 11 is 0. The maximum Gasteiger partial charge on any atom is 0.309 e. The van der Waals surface area contributed by atoms with Crippen molar-refractivity contribution in [2.45, 2.75) is 64.4 Å². The minimum Gasteiger partial charge on any atom is -0.462 e. The first-order valence-electron chi connectivity index (χ1n) is 9.56. The van der Waals surface area contributed by atoms with Crippen molar-refractivity contribution >= 4 is 5.97 Å². The van der Waals surface area contributed by atoms with Crippen LogP contribution in [-0.4, -0.2) is 12.1 Å². The Morgan fingerprint density at radius 3 is 2.73 bits per heavy atom. The lowest BCUT2D eigenvalue weighted by Gasteiger charge is -2.44. The molecule has 0 spiro atoms. The van der Waals surface area contributed by atoms with Crippen LogP contribution in [-0.2, 0) is 9.53 Å².